The van der Waals surface area contributed by atoms with E-state index in [9.17, 15) is 13.2 Å². The Kier molecular flexibility index (Phi) is 7.59. The second kappa shape index (κ2) is 10.7. The number of carbonyl (C=O) groups excluding carboxylic acids is 1. The van der Waals surface area contributed by atoms with Crippen LogP contribution in [-0.4, -0.2) is 20.4 Å². The van der Waals surface area contributed by atoms with Crippen molar-refractivity contribution >= 4 is 27.7 Å². The van der Waals surface area contributed by atoms with Crippen LogP contribution >= 0.6 is 0 Å². The van der Waals surface area contributed by atoms with Crippen molar-refractivity contribution in [1.82, 2.24) is 4.72 Å². The zero-order chi connectivity index (χ0) is 25.9. The van der Waals surface area contributed by atoms with Gasteiger partial charge < -0.3 is 5.32 Å². The summed E-state index contributed by atoms with van der Waals surface area (Å²) in [7, 11) is -3.96. The first kappa shape index (κ1) is 25.6. The summed E-state index contributed by atoms with van der Waals surface area (Å²) in [5, 5.41) is 3.43. The van der Waals surface area contributed by atoms with Crippen LogP contribution < -0.4 is 10.0 Å². The second-order valence-electron chi connectivity index (χ2n) is 9.42. The Morgan fingerprint density at radius 1 is 0.944 bits per heavy atom. The molecule has 1 aliphatic rings. The summed E-state index contributed by atoms with van der Waals surface area (Å²) in [6, 6.07) is 17.2. The lowest BCUT2D eigenvalue weighted by atomic mass is 9.93. The van der Waals surface area contributed by atoms with Gasteiger partial charge in [-0.1, -0.05) is 43.2 Å². The summed E-state index contributed by atoms with van der Waals surface area (Å²) < 4.78 is 42.1. The average Bonchev–Trinajstić information content (AvgIpc) is 3.35. The molecule has 0 unspecified atom stereocenters. The third-order valence-corrected chi connectivity index (χ3v) is 7.96. The lowest BCUT2D eigenvalue weighted by Gasteiger charge is -2.16. The summed E-state index contributed by atoms with van der Waals surface area (Å²) >= 11 is 0. The lowest BCUT2D eigenvalue weighted by Crippen LogP contribution is -2.31. The van der Waals surface area contributed by atoms with Gasteiger partial charge in [-0.3, -0.25) is 4.79 Å². The zero-order valence-corrected chi connectivity index (χ0v) is 21.6. The molecule has 0 saturated heterocycles. The van der Waals surface area contributed by atoms with Crippen LogP contribution in [-0.2, 0) is 14.8 Å². The van der Waals surface area contributed by atoms with Crippen molar-refractivity contribution in [3.05, 3.63) is 88.7 Å². The van der Waals surface area contributed by atoms with Crippen LogP contribution in [0.2, 0.25) is 0 Å². The Morgan fingerprint density at radius 2 is 1.64 bits per heavy atom. The predicted octanol–water partition coefficient (Wildman–Crippen LogP) is 6.37. The molecule has 3 aromatic carbocycles. The highest BCUT2D eigenvalue weighted by atomic mass is 32.2. The first-order valence-electron chi connectivity index (χ1n) is 12.1. The van der Waals surface area contributed by atoms with E-state index in [-0.39, 0.29) is 16.3 Å². The van der Waals surface area contributed by atoms with Gasteiger partial charge in [0, 0.05) is 22.9 Å². The molecule has 1 aliphatic carbocycles. The molecular formula is C29H31FN2O3S. The van der Waals surface area contributed by atoms with Gasteiger partial charge in [-0.2, -0.15) is 0 Å². The van der Waals surface area contributed by atoms with Crippen LogP contribution in [0.15, 0.2) is 71.1 Å². The number of rotatable bonds is 7. The molecule has 1 fully saturated rings. The fourth-order valence-corrected chi connectivity index (χ4v) is 5.61. The van der Waals surface area contributed by atoms with Crippen molar-refractivity contribution in [2.45, 2.75) is 57.4 Å². The number of amides is 1. The summed E-state index contributed by atoms with van der Waals surface area (Å²) in [6.07, 6.45) is 6.30. The molecule has 1 amide bonds. The Hall–Kier alpha value is -3.45. The van der Waals surface area contributed by atoms with Gasteiger partial charge in [-0.15, -0.1) is 0 Å². The number of carbonyl (C=O) groups is 1. The van der Waals surface area contributed by atoms with Crippen LogP contribution in [0.25, 0.3) is 17.2 Å². The van der Waals surface area contributed by atoms with E-state index in [1.807, 2.05) is 32.0 Å². The standard InChI is InChI=1S/C29H31FN2O3S/c1-19-17-27(26-14-13-24(18-28(26)30)31-23-9-7-8-10-23)20(2)15-22(19)16-21(3)29(33)32-36(34,35)25-11-5-4-6-12-25/h4-6,11-18,23,31H,7-10H2,1-3H3,(H,32,33)/b21-16+. The average molecular weight is 507 g/mol. The van der Waals surface area contributed by atoms with E-state index in [2.05, 4.69) is 10.0 Å². The predicted molar refractivity (Wildman–Crippen MR) is 143 cm³/mol. The number of nitrogens with one attached hydrogen (secondary N) is 2. The molecule has 0 aliphatic heterocycles. The third-order valence-electron chi connectivity index (χ3n) is 6.61. The van der Waals surface area contributed by atoms with Gasteiger partial charge in [0.25, 0.3) is 15.9 Å². The molecule has 0 radical (unpaired) electrons. The summed E-state index contributed by atoms with van der Waals surface area (Å²) in [4.78, 5) is 12.6. The first-order valence-corrected chi connectivity index (χ1v) is 13.6. The van der Waals surface area contributed by atoms with Gasteiger partial charge in [0.2, 0.25) is 0 Å². The number of hydrogen-bond acceptors (Lipinski definition) is 4. The normalized spacial score (nSPS) is 14.6. The fraction of sp³-hybridized carbons (Fsp3) is 0.276. The Bertz CT molecular complexity index is 1410. The van der Waals surface area contributed by atoms with E-state index in [4.69, 9.17) is 0 Å². The maximum Gasteiger partial charge on any atom is 0.264 e. The molecule has 5 nitrogen and oxygen atoms in total. The van der Waals surface area contributed by atoms with Crippen molar-refractivity contribution in [2.24, 2.45) is 0 Å². The Labute approximate surface area is 212 Å². The van der Waals surface area contributed by atoms with Crippen molar-refractivity contribution in [3.8, 4) is 11.1 Å². The first-order chi connectivity index (χ1) is 17.1. The molecule has 2 N–H and O–H groups in total. The topological polar surface area (TPSA) is 75.3 Å². The van der Waals surface area contributed by atoms with Gasteiger partial charge in [-0.05, 0) is 92.3 Å². The number of aryl methyl sites for hydroxylation is 2. The zero-order valence-electron chi connectivity index (χ0n) is 20.8. The molecule has 1 saturated carbocycles. The molecule has 0 atom stereocenters. The fourth-order valence-electron chi connectivity index (χ4n) is 4.57. The highest BCUT2D eigenvalue weighted by Gasteiger charge is 2.19. The molecule has 0 aromatic heterocycles. The maximum atomic E-state index is 15.1. The maximum absolute atomic E-state index is 15.1. The minimum absolute atomic E-state index is 0.0222. The van der Waals surface area contributed by atoms with E-state index in [0.29, 0.717) is 11.6 Å². The van der Waals surface area contributed by atoms with E-state index < -0.39 is 15.9 Å². The molecule has 36 heavy (non-hydrogen) atoms. The van der Waals surface area contributed by atoms with E-state index in [1.165, 1.54) is 25.0 Å². The molecule has 188 valence electrons. The van der Waals surface area contributed by atoms with Crippen LogP contribution in [0.5, 0.6) is 0 Å². The second-order valence-corrected chi connectivity index (χ2v) is 11.1. The molecule has 3 aromatic rings. The van der Waals surface area contributed by atoms with Gasteiger partial charge in [0.1, 0.15) is 5.82 Å². The van der Waals surface area contributed by atoms with Gasteiger partial charge in [-0.25, -0.2) is 17.5 Å². The number of sulfonamides is 1. The van der Waals surface area contributed by atoms with E-state index in [1.54, 1.807) is 43.3 Å². The molecular weight excluding hydrogens is 475 g/mol. The van der Waals surface area contributed by atoms with Crippen molar-refractivity contribution in [1.29, 1.82) is 0 Å². The van der Waals surface area contributed by atoms with Crippen LogP contribution in [0, 0.1) is 19.7 Å². The SMILES string of the molecule is C/C(=C\c1cc(C)c(-c2ccc(NC3CCCC3)cc2F)cc1C)C(=O)NS(=O)(=O)c1ccccc1. The highest BCUT2D eigenvalue weighted by Crippen LogP contribution is 2.32. The van der Waals surface area contributed by atoms with Crippen LogP contribution in [0.3, 0.4) is 0 Å². The summed E-state index contributed by atoms with van der Waals surface area (Å²) in [5.41, 5.74) is 4.81. The lowest BCUT2D eigenvalue weighted by molar-refractivity contribution is -0.115. The smallest absolute Gasteiger partial charge is 0.264 e. The molecule has 7 heteroatoms. The monoisotopic (exact) mass is 506 g/mol. The van der Waals surface area contributed by atoms with Crippen LogP contribution in [0.4, 0.5) is 10.1 Å². The minimum atomic E-state index is -3.96. The molecule has 0 spiro atoms. The van der Waals surface area contributed by atoms with Gasteiger partial charge in [0.15, 0.2) is 0 Å². The minimum Gasteiger partial charge on any atom is -0.382 e. The summed E-state index contributed by atoms with van der Waals surface area (Å²) in [5.74, 6) is -0.984. The Balaban J connectivity index is 1.54. The number of halogens is 1. The third kappa shape index (κ3) is 5.85. The molecule has 0 bridgehead atoms. The van der Waals surface area contributed by atoms with E-state index >= 15 is 4.39 Å². The Morgan fingerprint density at radius 3 is 2.31 bits per heavy atom. The van der Waals surface area contributed by atoms with Gasteiger partial charge in [0.05, 0.1) is 4.90 Å². The van der Waals surface area contributed by atoms with Crippen molar-refractivity contribution in [2.75, 3.05) is 5.32 Å². The largest absolute Gasteiger partial charge is 0.382 e. The number of benzene rings is 3. The number of anilines is 1. The van der Waals surface area contributed by atoms with Gasteiger partial charge >= 0.3 is 0 Å². The van der Waals surface area contributed by atoms with Crippen molar-refractivity contribution in [3.63, 3.8) is 0 Å². The van der Waals surface area contributed by atoms with Crippen molar-refractivity contribution < 1.29 is 17.6 Å². The highest BCUT2D eigenvalue weighted by molar-refractivity contribution is 7.90. The van der Waals surface area contributed by atoms with E-state index in [0.717, 1.165) is 40.8 Å². The number of hydrogen-bond donors (Lipinski definition) is 2. The molecule has 0 heterocycles. The quantitative estimate of drug-likeness (QED) is 0.365. The molecule has 4 rings (SSSR count). The van der Waals surface area contributed by atoms with Crippen LogP contribution in [0.1, 0.15) is 49.3 Å². The summed E-state index contributed by atoms with van der Waals surface area (Å²) in [6.45, 7) is 5.34.